The van der Waals surface area contributed by atoms with E-state index in [0.29, 0.717) is 6.61 Å². The first-order valence-electron chi connectivity index (χ1n) is 7.16. The highest BCUT2D eigenvalue weighted by molar-refractivity contribution is 5.85. The van der Waals surface area contributed by atoms with Crippen molar-refractivity contribution in [1.82, 2.24) is 0 Å². The zero-order chi connectivity index (χ0) is 16.7. The maximum absolute atomic E-state index is 10.6. The summed E-state index contributed by atoms with van der Waals surface area (Å²) in [4.78, 5) is 20.5. The van der Waals surface area contributed by atoms with Crippen LogP contribution >= 0.6 is 0 Å². The Morgan fingerprint density at radius 3 is 2.24 bits per heavy atom. The molecule has 0 aromatic heterocycles. The maximum atomic E-state index is 10.6. The molecule has 0 aromatic carbocycles. The predicted octanol–water partition coefficient (Wildman–Crippen LogP) is 2.94. The molecule has 0 amide bonds. The van der Waals surface area contributed by atoms with E-state index in [1.165, 1.54) is 18.9 Å². The van der Waals surface area contributed by atoms with Crippen molar-refractivity contribution in [2.45, 2.75) is 46.0 Å². The molecule has 0 aromatic rings. The van der Waals surface area contributed by atoms with E-state index in [9.17, 15) is 9.59 Å². The maximum Gasteiger partial charge on any atom is 0.331 e. The number of ether oxygens (including phenoxy) is 1. The Kier molecular flexibility index (Phi) is 15.3. The van der Waals surface area contributed by atoms with Crippen molar-refractivity contribution in [1.29, 1.82) is 0 Å². The highest BCUT2D eigenvalue weighted by Crippen LogP contribution is 2.07. The third-order valence-electron chi connectivity index (χ3n) is 2.55. The van der Waals surface area contributed by atoms with Crippen LogP contribution in [-0.4, -0.2) is 35.4 Å². The molecule has 0 radical (unpaired) electrons. The van der Waals surface area contributed by atoms with E-state index in [2.05, 4.69) is 27.0 Å². The first-order chi connectivity index (χ1) is 9.84. The molecule has 0 saturated carbocycles. The van der Waals surface area contributed by atoms with E-state index in [1.54, 1.807) is 0 Å². The number of carbonyl (C=O) groups is 2. The molecule has 5 heteroatoms. The summed E-state index contributed by atoms with van der Waals surface area (Å²) in [5.41, 5.74) is 0.0486. The number of aliphatic hydroxyl groups is 1. The van der Waals surface area contributed by atoms with Crippen LogP contribution in [0.25, 0.3) is 0 Å². The van der Waals surface area contributed by atoms with Crippen molar-refractivity contribution in [2.24, 2.45) is 5.92 Å². The molecule has 0 atom stereocenters. The van der Waals surface area contributed by atoms with Gasteiger partial charge in [0.25, 0.3) is 0 Å². The number of hydrogen-bond acceptors (Lipinski definition) is 4. The van der Waals surface area contributed by atoms with Crippen molar-refractivity contribution in [2.75, 3.05) is 13.2 Å². The van der Waals surface area contributed by atoms with Crippen LogP contribution in [0.5, 0.6) is 0 Å². The lowest BCUT2D eigenvalue weighted by atomic mass is 10.1. The van der Waals surface area contributed by atoms with Crippen LogP contribution in [0.3, 0.4) is 0 Å². The second kappa shape index (κ2) is 14.8. The summed E-state index contributed by atoms with van der Waals surface area (Å²) in [5.74, 6) is -0.585. The van der Waals surface area contributed by atoms with Gasteiger partial charge in [-0.3, -0.25) is 0 Å². The van der Waals surface area contributed by atoms with Crippen molar-refractivity contribution in [3.63, 3.8) is 0 Å². The summed E-state index contributed by atoms with van der Waals surface area (Å²) >= 11 is 0. The summed E-state index contributed by atoms with van der Waals surface area (Å²) in [5, 5.41) is 16.3. The van der Waals surface area contributed by atoms with E-state index >= 15 is 0 Å². The normalized spacial score (nSPS) is 9.52. The lowest BCUT2D eigenvalue weighted by Crippen LogP contribution is -2.01. The molecular formula is C16H28O5. The van der Waals surface area contributed by atoms with Crippen molar-refractivity contribution in [3.8, 4) is 0 Å². The van der Waals surface area contributed by atoms with Crippen molar-refractivity contribution < 1.29 is 24.5 Å². The summed E-state index contributed by atoms with van der Waals surface area (Å²) in [6.45, 7) is 11.3. The Labute approximate surface area is 127 Å². The SMILES string of the molecule is C=C(CCO)C(=O)O.C=CC(=O)OCCCCCC(C)C. The fourth-order valence-corrected chi connectivity index (χ4v) is 1.31. The number of rotatable bonds is 10. The molecule has 0 saturated heterocycles. The average molecular weight is 300 g/mol. The Morgan fingerprint density at radius 2 is 1.86 bits per heavy atom. The van der Waals surface area contributed by atoms with Crippen LogP contribution in [0.4, 0.5) is 0 Å². The van der Waals surface area contributed by atoms with Crippen LogP contribution in [0.1, 0.15) is 46.0 Å². The lowest BCUT2D eigenvalue weighted by Gasteiger charge is -2.04. The van der Waals surface area contributed by atoms with Gasteiger partial charge in [-0.05, 0) is 12.3 Å². The van der Waals surface area contributed by atoms with E-state index in [1.807, 2.05) is 0 Å². The van der Waals surface area contributed by atoms with E-state index in [4.69, 9.17) is 14.9 Å². The summed E-state index contributed by atoms with van der Waals surface area (Å²) < 4.78 is 4.84. The van der Waals surface area contributed by atoms with Gasteiger partial charge in [-0.1, -0.05) is 46.3 Å². The molecule has 2 N–H and O–H groups in total. The fraction of sp³-hybridized carbons (Fsp3) is 0.625. The largest absolute Gasteiger partial charge is 0.478 e. The van der Waals surface area contributed by atoms with Gasteiger partial charge in [0.2, 0.25) is 0 Å². The third kappa shape index (κ3) is 18.4. The molecule has 0 fully saturated rings. The van der Waals surface area contributed by atoms with Gasteiger partial charge in [0.15, 0.2) is 0 Å². The van der Waals surface area contributed by atoms with Crippen LogP contribution in [0.2, 0.25) is 0 Å². The number of hydrogen-bond donors (Lipinski definition) is 2. The van der Waals surface area contributed by atoms with Gasteiger partial charge in [0.05, 0.1) is 6.61 Å². The molecule has 0 aliphatic rings. The zero-order valence-electron chi connectivity index (χ0n) is 13.1. The van der Waals surface area contributed by atoms with Gasteiger partial charge < -0.3 is 14.9 Å². The Bertz CT molecular complexity index is 321. The summed E-state index contributed by atoms with van der Waals surface area (Å²) in [7, 11) is 0. The van der Waals surface area contributed by atoms with Gasteiger partial charge in [-0.15, -0.1) is 0 Å². The molecule has 5 nitrogen and oxygen atoms in total. The molecule has 0 heterocycles. The number of aliphatic carboxylic acids is 1. The molecule has 0 rings (SSSR count). The second-order valence-corrected chi connectivity index (χ2v) is 5.00. The van der Waals surface area contributed by atoms with Crippen LogP contribution < -0.4 is 0 Å². The first-order valence-corrected chi connectivity index (χ1v) is 7.16. The molecular weight excluding hydrogens is 272 g/mol. The molecule has 0 unspecified atom stereocenters. The molecule has 0 aliphatic carbocycles. The van der Waals surface area contributed by atoms with Crippen LogP contribution in [0.15, 0.2) is 24.8 Å². The molecule has 21 heavy (non-hydrogen) atoms. The van der Waals surface area contributed by atoms with E-state index in [-0.39, 0.29) is 24.6 Å². The Morgan fingerprint density at radius 1 is 1.24 bits per heavy atom. The zero-order valence-corrected chi connectivity index (χ0v) is 13.1. The minimum absolute atomic E-state index is 0.0486. The monoisotopic (exact) mass is 300 g/mol. The van der Waals surface area contributed by atoms with E-state index < -0.39 is 5.97 Å². The van der Waals surface area contributed by atoms with Crippen molar-refractivity contribution >= 4 is 11.9 Å². The highest BCUT2D eigenvalue weighted by atomic mass is 16.5. The minimum atomic E-state index is -1.04. The van der Waals surface area contributed by atoms with Crippen molar-refractivity contribution in [3.05, 3.63) is 24.8 Å². The summed E-state index contributed by atoms with van der Waals surface area (Å²) in [6.07, 6.45) is 5.94. The Hall–Kier alpha value is -1.62. The van der Waals surface area contributed by atoms with Gasteiger partial charge in [0, 0.05) is 24.7 Å². The number of unbranched alkanes of at least 4 members (excludes halogenated alkanes) is 2. The van der Waals surface area contributed by atoms with Crippen LogP contribution in [-0.2, 0) is 14.3 Å². The molecule has 0 aliphatic heterocycles. The number of carboxylic acid groups (broad SMARTS) is 1. The van der Waals surface area contributed by atoms with Gasteiger partial charge in [-0.2, -0.15) is 0 Å². The molecule has 0 bridgehead atoms. The summed E-state index contributed by atoms with van der Waals surface area (Å²) in [6, 6.07) is 0. The fourth-order valence-electron chi connectivity index (χ4n) is 1.31. The van der Waals surface area contributed by atoms with Gasteiger partial charge >= 0.3 is 11.9 Å². The second-order valence-electron chi connectivity index (χ2n) is 5.00. The third-order valence-corrected chi connectivity index (χ3v) is 2.55. The quantitative estimate of drug-likeness (QED) is 0.368. The topological polar surface area (TPSA) is 83.8 Å². The Balaban J connectivity index is 0. The smallest absolute Gasteiger partial charge is 0.331 e. The predicted molar refractivity (Wildman–Crippen MR) is 82.9 cm³/mol. The van der Waals surface area contributed by atoms with Crippen LogP contribution in [0, 0.1) is 5.92 Å². The highest BCUT2D eigenvalue weighted by Gasteiger charge is 2.00. The van der Waals surface area contributed by atoms with E-state index in [0.717, 1.165) is 18.8 Å². The number of carbonyl (C=O) groups excluding carboxylic acids is 1. The minimum Gasteiger partial charge on any atom is -0.478 e. The average Bonchev–Trinajstić information content (AvgIpc) is 2.42. The number of aliphatic hydroxyl groups excluding tert-OH is 1. The first kappa shape index (κ1) is 21.7. The molecule has 0 spiro atoms. The number of esters is 1. The number of carboxylic acids is 1. The molecule has 122 valence electrons. The van der Waals surface area contributed by atoms with Gasteiger partial charge in [-0.25, -0.2) is 9.59 Å². The lowest BCUT2D eigenvalue weighted by molar-refractivity contribution is -0.138. The standard InChI is InChI=1S/C11H20O2.C5H8O3/c1-4-11(12)13-9-7-5-6-8-10(2)3;1-4(2-3-6)5(7)8/h4,10H,1,5-9H2,2-3H3;6H,1-3H2,(H,7,8). The van der Waals surface area contributed by atoms with Gasteiger partial charge in [0.1, 0.15) is 0 Å².